The van der Waals surface area contributed by atoms with Crippen LogP contribution in [0.1, 0.15) is 19.3 Å². The standard InChI is InChI=1S/C12H17N3O2/c1-17-12-5-4-10(8-14-12)13-7-6-11(16)15-9-2-3-9/h4-5,8-9,13H,2-3,6-7H2,1H3,(H,15,16). The Morgan fingerprint density at radius 3 is 2.94 bits per heavy atom. The quantitative estimate of drug-likeness (QED) is 0.777. The van der Waals surface area contributed by atoms with Crippen molar-refractivity contribution in [3.8, 4) is 5.88 Å². The Balaban J connectivity index is 1.67. The van der Waals surface area contributed by atoms with Crippen LogP contribution in [0, 0.1) is 0 Å². The van der Waals surface area contributed by atoms with Gasteiger partial charge in [-0.3, -0.25) is 4.79 Å². The predicted molar refractivity (Wildman–Crippen MR) is 65.1 cm³/mol. The molecule has 1 aromatic rings. The van der Waals surface area contributed by atoms with Crippen molar-refractivity contribution in [3.63, 3.8) is 0 Å². The summed E-state index contributed by atoms with van der Waals surface area (Å²) in [6.07, 6.45) is 4.43. The third-order valence-corrected chi connectivity index (χ3v) is 2.57. The van der Waals surface area contributed by atoms with E-state index in [0.29, 0.717) is 24.9 Å². The van der Waals surface area contributed by atoms with Gasteiger partial charge in [0.1, 0.15) is 0 Å². The number of carbonyl (C=O) groups is 1. The summed E-state index contributed by atoms with van der Waals surface area (Å²) < 4.78 is 4.96. The monoisotopic (exact) mass is 235 g/mol. The van der Waals surface area contributed by atoms with Crippen LogP contribution in [0.2, 0.25) is 0 Å². The summed E-state index contributed by atoms with van der Waals surface area (Å²) in [5.41, 5.74) is 0.894. The minimum atomic E-state index is 0.112. The molecule has 0 unspecified atom stereocenters. The molecule has 1 aliphatic carbocycles. The number of nitrogens with zero attached hydrogens (tertiary/aromatic N) is 1. The molecule has 0 aliphatic heterocycles. The van der Waals surface area contributed by atoms with Gasteiger partial charge in [-0.15, -0.1) is 0 Å². The first kappa shape index (κ1) is 11.7. The first-order valence-corrected chi connectivity index (χ1v) is 5.81. The summed E-state index contributed by atoms with van der Waals surface area (Å²) in [7, 11) is 1.58. The van der Waals surface area contributed by atoms with Gasteiger partial charge in [0, 0.05) is 25.1 Å². The van der Waals surface area contributed by atoms with Gasteiger partial charge >= 0.3 is 0 Å². The van der Waals surface area contributed by atoms with E-state index in [1.165, 1.54) is 0 Å². The highest BCUT2D eigenvalue weighted by atomic mass is 16.5. The lowest BCUT2D eigenvalue weighted by Crippen LogP contribution is -2.27. The van der Waals surface area contributed by atoms with Crippen molar-refractivity contribution in [3.05, 3.63) is 18.3 Å². The lowest BCUT2D eigenvalue weighted by molar-refractivity contribution is -0.120. The molecule has 1 aromatic heterocycles. The minimum absolute atomic E-state index is 0.112. The fourth-order valence-corrected chi connectivity index (χ4v) is 1.45. The lowest BCUT2D eigenvalue weighted by atomic mass is 10.3. The summed E-state index contributed by atoms with van der Waals surface area (Å²) in [4.78, 5) is 15.5. The second kappa shape index (κ2) is 5.52. The van der Waals surface area contributed by atoms with E-state index in [4.69, 9.17) is 4.74 Å². The number of anilines is 1. The number of hydrogen-bond acceptors (Lipinski definition) is 4. The lowest BCUT2D eigenvalue weighted by Gasteiger charge is -2.07. The van der Waals surface area contributed by atoms with Crippen molar-refractivity contribution in [1.29, 1.82) is 0 Å². The van der Waals surface area contributed by atoms with Crippen LogP contribution >= 0.6 is 0 Å². The number of hydrogen-bond donors (Lipinski definition) is 2. The molecule has 92 valence electrons. The van der Waals surface area contributed by atoms with Gasteiger partial charge in [-0.25, -0.2) is 4.98 Å². The molecule has 2 rings (SSSR count). The van der Waals surface area contributed by atoms with Gasteiger partial charge in [0.05, 0.1) is 19.0 Å². The topological polar surface area (TPSA) is 63.2 Å². The molecule has 0 saturated heterocycles. The number of aromatic nitrogens is 1. The van der Waals surface area contributed by atoms with Gasteiger partial charge in [-0.2, -0.15) is 0 Å². The zero-order chi connectivity index (χ0) is 12.1. The van der Waals surface area contributed by atoms with Gasteiger partial charge < -0.3 is 15.4 Å². The number of carbonyl (C=O) groups excluding carboxylic acids is 1. The summed E-state index contributed by atoms with van der Waals surface area (Å²) in [6.45, 7) is 0.618. The first-order valence-electron chi connectivity index (χ1n) is 5.81. The number of rotatable bonds is 6. The second-order valence-corrected chi connectivity index (χ2v) is 4.11. The third-order valence-electron chi connectivity index (χ3n) is 2.57. The number of ether oxygens (including phenoxy) is 1. The van der Waals surface area contributed by atoms with E-state index in [-0.39, 0.29) is 5.91 Å². The molecular weight excluding hydrogens is 218 g/mol. The van der Waals surface area contributed by atoms with E-state index < -0.39 is 0 Å². The van der Waals surface area contributed by atoms with Crippen molar-refractivity contribution in [1.82, 2.24) is 10.3 Å². The molecule has 1 heterocycles. The van der Waals surface area contributed by atoms with E-state index in [0.717, 1.165) is 18.5 Å². The maximum absolute atomic E-state index is 11.4. The number of pyridine rings is 1. The zero-order valence-electron chi connectivity index (χ0n) is 9.90. The largest absolute Gasteiger partial charge is 0.481 e. The van der Waals surface area contributed by atoms with Gasteiger partial charge in [0.25, 0.3) is 0 Å². The van der Waals surface area contributed by atoms with Crippen LogP contribution < -0.4 is 15.4 Å². The van der Waals surface area contributed by atoms with Crippen LogP contribution in [-0.4, -0.2) is 30.6 Å². The number of nitrogens with one attached hydrogen (secondary N) is 2. The molecule has 1 amide bonds. The van der Waals surface area contributed by atoms with Crippen LogP contribution in [0.5, 0.6) is 5.88 Å². The van der Waals surface area contributed by atoms with Crippen LogP contribution in [0.3, 0.4) is 0 Å². The molecule has 5 heteroatoms. The normalized spacial score (nSPS) is 14.2. The Morgan fingerprint density at radius 1 is 1.53 bits per heavy atom. The molecule has 0 atom stereocenters. The Kier molecular flexibility index (Phi) is 3.80. The molecule has 1 saturated carbocycles. The molecular formula is C12H17N3O2. The molecule has 0 aromatic carbocycles. The fraction of sp³-hybridized carbons (Fsp3) is 0.500. The maximum Gasteiger partial charge on any atom is 0.221 e. The highest BCUT2D eigenvalue weighted by Crippen LogP contribution is 2.18. The van der Waals surface area contributed by atoms with Crippen LogP contribution in [-0.2, 0) is 4.79 Å². The van der Waals surface area contributed by atoms with Crippen molar-refractivity contribution >= 4 is 11.6 Å². The van der Waals surface area contributed by atoms with E-state index >= 15 is 0 Å². The zero-order valence-corrected chi connectivity index (χ0v) is 9.90. The molecule has 2 N–H and O–H groups in total. The average molecular weight is 235 g/mol. The first-order chi connectivity index (χ1) is 8.28. The van der Waals surface area contributed by atoms with E-state index in [9.17, 15) is 4.79 Å². The van der Waals surface area contributed by atoms with Crippen molar-refractivity contribution < 1.29 is 9.53 Å². The van der Waals surface area contributed by atoms with Crippen LogP contribution in [0.15, 0.2) is 18.3 Å². The maximum atomic E-state index is 11.4. The van der Waals surface area contributed by atoms with Crippen molar-refractivity contribution in [2.75, 3.05) is 19.0 Å². The molecule has 1 fully saturated rings. The van der Waals surface area contributed by atoms with Crippen LogP contribution in [0.4, 0.5) is 5.69 Å². The van der Waals surface area contributed by atoms with Crippen molar-refractivity contribution in [2.24, 2.45) is 0 Å². The Hall–Kier alpha value is -1.78. The van der Waals surface area contributed by atoms with E-state index in [1.54, 1.807) is 19.4 Å². The number of amides is 1. The minimum Gasteiger partial charge on any atom is -0.481 e. The average Bonchev–Trinajstić information content (AvgIpc) is 3.14. The Bertz CT molecular complexity index is 374. The molecule has 17 heavy (non-hydrogen) atoms. The SMILES string of the molecule is COc1ccc(NCCC(=O)NC2CC2)cn1. The van der Waals surface area contributed by atoms with E-state index in [2.05, 4.69) is 15.6 Å². The summed E-state index contributed by atoms with van der Waals surface area (Å²) in [5, 5.41) is 6.09. The number of methoxy groups -OCH3 is 1. The molecule has 5 nitrogen and oxygen atoms in total. The predicted octanol–water partition coefficient (Wildman–Crippen LogP) is 1.17. The highest BCUT2D eigenvalue weighted by Gasteiger charge is 2.22. The van der Waals surface area contributed by atoms with E-state index in [1.807, 2.05) is 6.07 Å². The van der Waals surface area contributed by atoms with Gasteiger partial charge in [0.2, 0.25) is 11.8 Å². The van der Waals surface area contributed by atoms with Crippen molar-refractivity contribution in [2.45, 2.75) is 25.3 Å². The second-order valence-electron chi connectivity index (χ2n) is 4.11. The molecule has 1 aliphatic rings. The van der Waals surface area contributed by atoms with Gasteiger partial charge in [-0.1, -0.05) is 0 Å². The molecule has 0 bridgehead atoms. The highest BCUT2D eigenvalue weighted by molar-refractivity contribution is 5.77. The Labute approximate surface area is 101 Å². The Morgan fingerprint density at radius 2 is 2.35 bits per heavy atom. The molecule has 0 radical (unpaired) electrons. The summed E-state index contributed by atoms with van der Waals surface area (Å²) >= 11 is 0. The summed E-state index contributed by atoms with van der Waals surface area (Å²) in [5.74, 6) is 0.698. The third kappa shape index (κ3) is 3.94. The molecule has 0 spiro atoms. The summed E-state index contributed by atoms with van der Waals surface area (Å²) in [6, 6.07) is 4.10. The van der Waals surface area contributed by atoms with Crippen LogP contribution in [0.25, 0.3) is 0 Å². The van der Waals surface area contributed by atoms with Gasteiger partial charge in [0.15, 0.2) is 0 Å². The van der Waals surface area contributed by atoms with Gasteiger partial charge in [-0.05, 0) is 18.9 Å². The smallest absolute Gasteiger partial charge is 0.221 e. The fourth-order valence-electron chi connectivity index (χ4n) is 1.45.